The summed E-state index contributed by atoms with van der Waals surface area (Å²) in [5.41, 5.74) is 2.20. The zero-order valence-corrected chi connectivity index (χ0v) is 13.8. The van der Waals surface area contributed by atoms with Crippen molar-refractivity contribution in [3.8, 4) is 0 Å². The van der Waals surface area contributed by atoms with Gasteiger partial charge >= 0.3 is 0 Å². The summed E-state index contributed by atoms with van der Waals surface area (Å²) in [7, 11) is 0. The maximum atomic E-state index is 9.61. The third-order valence-corrected chi connectivity index (χ3v) is 4.83. The van der Waals surface area contributed by atoms with Gasteiger partial charge in [0.15, 0.2) is 0 Å². The molecule has 2 aromatic rings. The molecule has 1 saturated heterocycles. The van der Waals surface area contributed by atoms with Crippen molar-refractivity contribution < 1.29 is 9.84 Å². The standard InChI is InChI=1S/C19H22ClNO2/c20-17-9-5-4-8-16(17)10-18(15-6-2-1-3-7-15)21-11-19(12-22)13-23-14-19/h1-9,18,21-22H,10-14H2. The molecule has 0 aliphatic carbocycles. The first kappa shape index (κ1) is 16.5. The number of halogens is 1. The SMILES string of the molecule is OCC1(CNC(Cc2ccccc2Cl)c2ccccc2)COC1. The number of rotatable bonds is 7. The van der Waals surface area contributed by atoms with Crippen LogP contribution in [0.1, 0.15) is 17.2 Å². The maximum absolute atomic E-state index is 9.61. The van der Waals surface area contributed by atoms with Gasteiger partial charge in [0.2, 0.25) is 0 Å². The van der Waals surface area contributed by atoms with Crippen molar-refractivity contribution in [3.63, 3.8) is 0 Å². The van der Waals surface area contributed by atoms with Crippen LogP contribution in [-0.4, -0.2) is 31.5 Å². The fourth-order valence-corrected chi connectivity index (χ4v) is 3.07. The fraction of sp³-hybridized carbons (Fsp3) is 0.368. The highest BCUT2D eigenvalue weighted by atomic mass is 35.5. The molecule has 0 amide bonds. The molecule has 0 spiro atoms. The van der Waals surface area contributed by atoms with Crippen LogP contribution in [-0.2, 0) is 11.2 Å². The Morgan fingerprint density at radius 3 is 2.39 bits per heavy atom. The number of hydrogen-bond donors (Lipinski definition) is 2. The molecule has 1 fully saturated rings. The Balaban J connectivity index is 1.75. The van der Waals surface area contributed by atoms with Gasteiger partial charge < -0.3 is 15.2 Å². The molecule has 4 heteroatoms. The molecule has 2 N–H and O–H groups in total. The maximum Gasteiger partial charge on any atom is 0.0579 e. The van der Waals surface area contributed by atoms with Gasteiger partial charge in [-0.25, -0.2) is 0 Å². The van der Waals surface area contributed by atoms with Gasteiger partial charge in [-0.1, -0.05) is 60.1 Å². The van der Waals surface area contributed by atoms with E-state index < -0.39 is 0 Å². The van der Waals surface area contributed by atoms with E-state index in [0.717, 1.165) is 23.6 Å². The van der Waals surface area contributed by atoms with Crippen LogP contribution in [0.5, 0.6) is 0 Å². The van der Waals surface area contributed by atoms with Crippen molar-refractivity contribution >= 4 is 11.6 Å². The van der Waals surface area contributed by atoms with E-state index >= 15 is 0 Å². The molecule has 23 heavy (non-hydrogen) atoms. The monoisotopic (exact) mass is 331 g/mol. The molecule has 1 atom stereocenters. The van der Waals surface area contributed by atoms with Crippen LogP contribution in [0.15, 0.2) is 54.6 Å². The predicted molar refractivity (Wildman–Crippen MR) is 92.7 cm³/mol. The Kier molecular flexibility index (Phi) is 5.34. The van der Waals surface area contributed by atoms with E-state index in [1.54, 1.807) is 0 Å². The number of aliphatic hydroxyl groups excluding tert-OH is 1. The Morgan fingerprint density at radius 1 is 1.09 bits per heavy atom. The van der Waals surface area contributed by atoms with Crippen molar-refractivity contribution in [2.45, 2.75) is 12.5 Å². The van der Waals surface area contributed by atoms with E-state index in [0.29, 0.717) is 13.2 Å². The summed E-state index contributed by atoms with van der Waals surface area (Å²) >= 11 is 6.32. The predicted octanol–water partition coefficient (Wildman–Crippen LogP) is 3.22. The van der Waals surface area contributed by atoms with Crippen molar-refractivity contribution in [2.24, 2.45) is 5.41 Å². The first-order valence-corrected chi connectivity index (χ1v) is 8.31. The smallest absolute Gasteiger partial charge is 0.0579 e. The Bertz CT molecular complexity index is 623. The quantitative estimate of drug-likeness (QED) is 0.818. The molecule has 0 radical (unpaired) electrons. The largest absolute Gasteiger partial charge is 0.396 e. The minimum absolute atomic E-state index is 0.145. The molecule has 2 aromatic carbocycles. The van der Waals surface area contributed by atoms with Crippen LogP contribution in [0, 0.1) is 5.41 Å². The summed E-state index contributed by atoms with van der Waals surface area (Å²) in [5.74, 6) is 0. The number of aliphatic hydroxyl groups is 1. The second-order valence-corrected chi connectivity index (χ2v) is 6.70. The highest BCUT2D eigenvalue weighted by molar-refractivity contribution is 6.31. The lowest BCUT2D eigenvalue weighted by Gasteiger charge is -2.41. The molecule has 0 bridgehead atoms. The van der Waals surface area contributed by atoms with E-state index in [4.69, 9.17) is 16.3 Å². The summed E-state index contributed by atoms with van der Waals surface area (Å²) in [6, 6.07) is 18.5. The second-order valence-electron chi connectivity index (χ2n) is 6.29. The third kappa shape index (κ3) is 3.93. The summed E-state index contributed by atoms with van der Waals surface area (Å²) in [6.45, 7) is 2.11. The van der Waals surface area contributed by atoms with Gasteiger partial charge in [-0.15, -0.1) is 0 Å². The molecular formula is C19H22ClNO2. The molecule has 1 heterocycles. The lowest BCUT2D eigenvalue weighted by molar-refractivity contribution is -0.135. The van der Waals surface area contributed by atoms with Gasteiger partial charge in [-0.3, -0.25) is 0 Å². The van der Waals surface area contributed by atoms with Crippen molar-refractivity contribution in [1.29, 1.82) is 0 Å². The normalized spacial score (nSPS) is 17.5. The van der Waals surface area contributed by atoms with Crippen LogP contribution in [0.4, 0.5) is 0 Å². The van der Waals surface area contributed by atoms with Crippen molar-refractivity contribution in [1.82, 2.24) is 5.32 Å². The molecule has 1 aliphatic rings. The van der Waals surface area contributed by atoms with E-state index in [-0.39, 0.29) is 18.1 Å². The van der Waals surface area contributed by atoms with Gasteiger partial charge in [-0.2, -0.15) is 0 Å². The summed E-state index contributed by atoms with van der Waals surface area (Å²) < 4.78 is 5.28. The highest BCUT2D eigenvalue weighted by Gasteiger charge is 2.38. The van der Waals surface area contributed by atoms with Crippen LogP contribution < -0.4 is 5.32 Å². The van der Waals surface area contributed by atoms with Crippen molar-refractivity contribution in [2.75, 3.05) is 26.4 Å². The Labute approximate surface area is 142 Å². The molecule has 1 aliphatic heterocycles. The lowest BCUT2D eigenvalue weighted by Crippen LogP contribution is -2.52. The Hall–Kier alpha value is -1.39. The number of ether oxygens (including phenoxy) is 1. The number of benzene rings is 2. The summed E-state index contributed by atoms with van der Waals surface area (Å²) in [6.07, 6.45) is 0.812. The Morgan fingerprint density at radius 2 is 1.78 bits per heavy atom. The van der Waals surface area contributed by atoms with Gasteiger partial charge in [0.25, 0.3) is 0 Å². The van der Waals surface area contributed by atoms with Crippen LogP contribution in [0.2, 0.25) is 5.02 Å². The molecule has 0 aromatic heterocycles. The fourth-order valence-electron chi connectivity index (χ4n) is 2.86. The first-order valence-electron chi connectivity index (χ1n) is 7.93. The topological polar surface area (TPSA) is 41.5 Å². The summed E-state index contributed by atoms with van der Waals surface area (Å²) in [4.78, 5) is 0. The average molecular weight is 332 g/mol. The van der Waals surface area contributed by atoms with E-state index in [2.05, 4.69) is 23.5 Å². The van der Waals surface area contributed by atoms with Gasteiger partial charge in [-0.05, 0) is 23.6 Å². The molecule has 1 unspecified atom stereocenters. The second kappa shape index (κ2) is 7.45. The van der Waals surface area contributed by atoms with E-state index in [1.807, 2.05) is 36.4 Å². The zero-order valence-electron chi connectivity index (χ0n) is 13.0. The zero-order chi connectivity index (χ0) is 16.1. The number of hydrogen-bond acceptors (Lipinski definition) is 3. The number of nitrogens with one attached hydrogen (secondary N) is 1. The molecule has 0 saturated carbocycles. The summed E-state index contributed by atoms with van der Waals surface area (Å²) in [5, 5.41) is 14.0. The first-order chi connectivity index (χ1) is 11.2. The molecular weight excluding hydrogens is 310 g/mol. The van der Waals surface area contributed by atoms with E-state index in [1.165, 1.54) is 5.56 Å². The van der Waals surface area contributed by atoms with Crippen LogP contribution in [0.25, 0.3) is 0 Å². The lowest BCUT2D eigenvalue weighted by atomic mass is 9.86. The van der Waals surface area contributed by atoms with Crippen LogP contribution >= 0.6 is 11.6 Å². The average Bonchev–Trinajstić information content (AvgIpc) is 2.55. The minimum atomic E-state index is -0.145. The van der Waals surface area contributed by atoms with Crippen molar-refractivity contribution in [3.05, 3.63) is 70.7 Å². The highest BCUT2D eigenvalue weighted by Crippen LogP contribution is 2.28. The van der Waals surface area contributed by atoms with Gasteiger partial charge in [0.05, 0.1) is 25.2 Å². The molecule has 3 nitrogen and oxygen atoms in total. The van der Waals surface area contributed by atoms with Crippen LogP contribution in [0.3, 0.4) is 0 Å². The van der Waals surface area contributed by atoms with Gasteiger partial charge in [0.1, 0.15) is 0 Å². The minimum Gasteiger partial charge on any atom is -0.396 e. The molecule has 3 rings (SSSR count). The van der Waals surface area contributed by atoms with E-state index in [9.17, 15) is 5.11 Å². The van der Waals surface area contributed by atoms with Gasteiger partial charge in [0, 0.05) is 17.6 Å². The third-order valence-electron chi connectivity index (χ3n) is 4.46. The molecule has 122 valence electrons.